The number of hydrogen-bond donors (Lipinski definition) is 0. The maximum Gasteiger partial charge on any atom is 0.410 e. The number of aromatic nitrogens is 2. The van der Waals surface area contributed by atoms with Crippen molar-refractivity contribution in [3.63, 3.8) is 0 Å². The minimum Gasteiger partial charge on any atom is -0.460 e. The largest absolute Gasteiger partial charge is 0.460 e. The van der Waals surface area contributed by atoms with Crippen LogP contribution in [0.25, 0.3) is 11.0 Å². The van der Waals surface area contributed by atoms with Crippen LogP contribution in [0.5, 0.6) is 0 Å². The minimum absolute atomic E-state index is 0.130. The predicted molar refractivity (Wildman–Crippen MR) is 82.2 cm³/mol. The summed E-state index contributed by atoms with van der Waals surface area (Å²) in [6.07, 6.45) is -0.368. The van der Waals surface area contributed by atoms with E-state index in [0.29, 0.717) is 30.8 Å². The molecule has 0 aliphatic carbocycles. The number of hydrogen-bond acceptors (Lipinski definition) is 6. The smallest absolute Gasteiger partial charge is 0.410 e. The molecule has 0 unspecified atom stereocenters. The van der Waals surface area contributed by atoms with Crippen LogP contribution in [0.15, 0.2) is 18.2 Å². The van der Waals surface area contributed by atoms with Crippen LogP contribution in [0.1, 0.15) is 21.7 Å². The molecule has 1 aromatic carbocycles. The fraction of sp³-hybridized carbons (Fsp3) is 0.375. The van der Waals surface area contributed by atoms with Gasteiger partial charge in [-0.2, -0.15) is 0 Å². The van der Waals surface area contributed by atoms with E-state index in [0.717, 1.165) is 16.9 Å². The van der Waals surface area contributed by atoms with Gasteiger partial charge in [0.15, 0.2) is 0 Å². The van der Waals surface area contributed by atoms with E-state index in [9.17, 15) is 9.59 Å². The number of fused-ring (bicyclic) bond motifs is 1. The second-order valence-corrected chi connectivity index (χ2v) is 5.34. The summed E-state index contributed by atoms with van der Waals surface area (Å²) in [5.74, 6) is -0.445. The van der Waals surface area contributed by atoms with Crippen molar-refractivity contribution in [2.75, 3.05) is 26.3 Å². The average Bonchev–Trinajstić information content (AvgIpc) is 2.93. The lowest BCUT2D eigenvalue weighted by Crippen LogP contribution is -2.29. The average molecular weight is 315 g/mol. The Labute approximate surface area is 133 Å². The highest BCUT2D eigenvalue weighted by atomic mass is 16.6. The van der Waals surface area contributed by atoms with E-state index >= 15 is 0 Å². The maximum atomic E-state index is 12.1. The number of rotatable bonds is 4. The first kappa shape index (κ1) is 15.2. The molecule has 0 spiro atoms. The lowest BCUT2D eigenvalue weighted by atomic mass is 10.2. The topological polar surface area (TPSA) is 81.6 Å². The molecule has 2 heterocycles. The zero-order chi connectivity index (χ0) is 16.4. The van der Waals surface area contributed by atoms with E-state index in [4.69, 9.17) is 9.47 Å². The van der Waals surface area contributed by atoms with Crippen LogP contribution < -0.4 is 0 Å². The first-order chi connectivity index (χ1) is 11.0. The Morgan fingerprint density at radius 3 is 2.70 bits per heavy atom. The third-order valence-corrected chi connectivity index (χ3v) is 3.75. The highest BCUT2D eigenvalue weighted by Crippen LogP contribution is 2.15. The summed E-state index contributed by atoms with van der Waals surface area (Å²) >= 11 is 0. The number of aryl methyl sites for hydroxylation is 2. The molecule has 1 aromatic heterocycles. The molecule has 1 amide bonds. The second kappa shape index (κ2) is 6.20. The van der Waals surface area contributed by atoms with Gasteiger partial charge in [0.1, 0.15) is 13.2 Å². The van der Waals surface area contributed by atoms with Crippen LogP contribution in [-0.4, -0.2) is 53.2 Å². The summed E-state index contributed by atoms with van der Waals surface area (Å²) in [5.41, 5.74) is 3.51. The molecule has 0 saturated carbocycles. The quantitative estimate of drug-likeness (QED) is 0.801. The summed E-state index contributed by atoms with van der Waals surface area (Å²) in [4.78, 5) is 33.7. The van der Waals surface area contributed by atoms with Gasteiger partial charge in [-0.05, 0) is 32.0 Å². The molecular weight excluding hydrogens is 298 g/mol. The van der Waals surface area contributed by atoms with Crippen molar-refractivity contribution in [1.82, 2.24) is 14.9 Å². The summed E-state index contributed by atoms with van der Waals surface area (Å²) in [5, 5.41) is 0. The molecule has 7 heteroatoms. The maximum absolute atomic E-state index is 12.1. The van der Waals surface area contributed by atoms with Crippen LogP contribution in [0.4, 0.5) is 4.79 Å². The van der Waals surface area contributed by atoms with Gasteiger partial charge in [0.2, 0.25) is 0 Å². The van der Waals surface area contributed by atoms with Crippen molar-refractivity contribution in [3.8, 4) is 0 Å². The Morgan fingerprint density at radius 2 is 2.00 bits per heavy atom. The van der Waals surface area contributed by atoms with Gasteiger partial charge >= 0.3 is 12.1 Å². The SMILES string of the molecule is Cc1nc2ccc(C(=O)OCCN3CCOC3=O)cc2nc1C. The molecule has 0 bridgehead atoms. The Balaban J connectivity index is 1.66. The predicted octanol–water partition coefficient (Wildman–Crippen LogP) is 1.86. The summed E-state index contributed by atoms with van der Waals surface area (Å²) in [6, 6.07) is 5.09. The number of esters is 1. The van der Waals surface area contributed by atoms with E-state index in [1.54, 1.807) is 18.2 Å². The molecule has 120 valence electrons. The Morgan fingerprint density at radius 1 is 1.26 bits per heavy atom. The van der Waals surface area contributed by atoms with Crippen LogP contribution in [-0.2, 0) is 9.47 Å². The first-order valence-corrected chi connectivity index (χ1v) is 7.38. The standard InChI is InChI=1S/C16H17N3O4/c1-10-11(2)18-14-9-12(3-4-13(14)17-10)15(20)22-7-5-19-6-8-23-16(19)21/h3-4,9H,5-8H2,1-2H3. The van der Waals surface area contributed by atoms with Crippen LogP contribution in [0.2, 0.25) is 0 Å². The van der Waals surface area contributed by atoms with E-state index in [1.807, 2.05) is 13.8 Å². The van der Waals surface area contributed by atoms with E-state index < -0.39 is 5.97 Å². The third kappa shape index (κ3) is 3.23. The highest BCUT2D eigenvalue weighted by molar-refractivity contribution is 5.93. The van der Waals surface area contributed by atoms with Gasteiger partial charge in [0.05, 0.1) is 41.1 Å². The van der Waals surface area contributed by atoms with Crippen molar-refractivity contribution in [2.24, 2.45) is 0 Å². The normalized spacial score (nSPS) is 14.2. The van der Waals surface area contributed by atoms with Crippen molar-refractivity contribution in [3.05, 3.63) is 35.2 Å². The van der Waals surface area contributed by atoms with Crippen LogP contribution >= 0.6 is 0 Å². The van der Waals surface area contributed by atoms with Crippen LogP contribution in [0, 0.1) is 13.8 Å². The Hall–Kier alpha value is -2.70. The van der Waals surface area contributed by atoms with E-state index in [-0.39, 0.29) is 12.7 Å². The number of amides is 1. The van der Waals surface area contributed by atoms with Crippen molar-refractivity contribution in [2.45, 2.75) is 13.8 Å². The van der Waals surface area contributed by atoms with Gasteiger partial charge in [-0.3, -0.25) is 0 Å². The number of carbonyl (C=O) groups excluding carboxylic acids is 2. The monoisotopic (exact) mass is 315 g/mol. The molecule has 1 aliphatic heterocycles. The van der Waals surface area contributed by atoms with Gasteiger partial charge < -0.3 is 14.4 Å². The van der Waals surface area contributed by atoms with Crippen LogP contribution in [0.3, 0.4) is 0 Å². The Kier molecular flexibility index (Phi) is 4.10. The third-order valence-electron chi connectivity index (χ3n) is 3.75. The van der Waals surface area contributed by atoms with E-state index in [1.165, 1.54) is 4.90 Å². The zero-order valence-electron chi connectivity index (χ0n) is 13.0. The zero-order valence-corrected chi connectivity index (χ0v) is 13.0. The number of carbonyl (C=O) groups is 2. The summed E-state index contributed by atoms with van der Waals surface area (Å²) < 4.78 is 10.0. The molecule has 0 N–H and O–H groups in total. The molecule has 3 rings (SSSR count). The second-order valence-electron chi connectivity index (χ2n) is 5.34. The van der Waals surface area contributed by atoms with Gasteiger partial charge in [0, 0.05) is 0 Å². The molecule has 1 saturated heterocycles. The van der Waals surface area contributed by atoms with Gasteiger partial charge in [-0.15, -0.1) is 0 Å². The fourth-order valence-corrected chi connectivity index (χ4v) is 2.32. The molecule has 0 atom stereocenters. The first-order valence-electron chi connectivity index (χ1n) is 7.38. The minimum atomic E-state index is -0.445. The number of benzene rings is 1. The van der Waals surface area contributed by atoms with Crippen molar-refractivity contribution in [1.29, 1.82) is 0 Å². The number of nitrogens with zero attached hydrogens (tertiary/aromatic N) is 3. The Bertz CT molecular complexity index is 775. The fourth-order valence-electron chi connectivity index (χ4n) is 2.32. The van der Waals surface area contributed by atoms with Gasteiger partial charge in [0.25, 0.3) is 0 Å². The highest BCUT2D eigenvalue weighted by Gasteiger charge is 2.21. The van der Waals surface area contributed by atoms with E-state index in [2.05, 4.69) is 9.97 Å². The summed E-state index contributed by atoms with van der Waals surface area (Å²) in [7, 11) is 0. The summed E-state index contributed by atoms with van der Waals surface area (Å²) in [6.45, 7) is 5.14. The molecular formula is C16H17N3O4. The molecule has 1 aliphatic rings. The molecule has 2 aromatic rings. The molecule has 1 fully saturated rings. The van der Waals surface area contributed by atoms with Gasteiger partial charge in [-0.1, -0.05) is 0 Å². The number of cyclic esters (lactones) is 1. The lowest BCUT2D eigenvalue weighted by Gasteiger charge is -2.12. The van der Waals surface area contributed by atoms with Crippen molar-refractivity contribution >= 4 is 23.1 Å². The molecule has 0 radical (unpaired) electrons. The number of ether oxygens (including phenoxy) is 2. The molecule has 23 heavy (non-hydrogen) atoms. The lowest BCUT2D eigenvalue weighted by molar-refractivity contribution is 0.0477. The molecule has 7 nitrogen and oxygen atoms in total. The van der Waals surface area contributed by atoms with Gasteiger partial charge in [-0.25, -0.2) is 19.6 Å². The van der Waals surface area contributed by atoms with Crippen molar-refractivity contribution < 1.29 is 19.1 Å².